The summed E-state index contributed by atoms with van der Waals surface area (Å²) in [5.74, 6) is 1.83. The largest absolute Gasteiger partial charge is 0.393 e. The zero-order valence-corrected chi connectivity index (χ0v) is 18.5. The first-order valence-electron chi connectivity index (χ1n) is 11.1. The number of benzene rings is 1. The highest BCUT2D eigenvalue weighted by molar-refractivity contribution is 5.27. The second kappa shape index (κ2) is 7.87. The maximum atomic E-state index is 10.3. The van der Waals surface area contributed by atoms with Crippen molar-refractivity contribution in [3.8, 4) is 0 Å². The molecule has 152 valence electrons. The molecule has 1 aromatic rings. The Morgan fingerprint density at radius 2 is 1.85 bits per heavy atom. The van der Waals surface area contributed by atoms with Gasteiger partial charge in [0, 0.05) is 13.1 Å². The molecule has 2 heteroatoms. The van der Waals surface area contributed by atoms with E-state index in [2.05, 4.69) is 70.7 Å². The monoisotopic (exact) mass is 371 g/mol. The fourth-order valence-electron chi connectivity index (χ4n) is 5.75. The fraction of sp³-hybridized carbons (Fsp3) is 0.760. The van der Waals surface area contributed by atoms with Gasteiger partial charge in [-0.3, -0.25) is 0 Å². The molecule has 1 saturated carbocycles. The second-order valence-electron chi connectivity index (χ2n) is 11.0. The van der Waals surface area contributed by atoms with Crippen LogP contribution in [0.3, 0.4) is 0 Å². The smallest absolute Gasteiger partial charge is 0.0568 e. The van der Waals surface area contributed by atoms with E-state index in [0.29, 0.717) is 23.2 Å². The topological polar surface area (TPSA) is 23.5 Å². The van der Waals surface area contributed by atoms with E-state index in [0.717, 1.165) is 12.8 Å². The summed E-state index contributed by atoms with van der Waals surface area (Å²) in [5.41, 5.74) is 3.51. The van der Waals surface area contributed by atoms with Crippen molar-refractivity contribution < 1.29 is 5.11 Å². The van der Waals surface area contributed by atoms with Crippen LogP contribution in [0.4, 0.5) is 0 Å². The number of rotatable bonds is 4. The van der Waals surface area contributed by atoms with Gasteiger partial charge in [-0.05, 0) is 71.9 Å². The molecule has 1 aliphatic heterocycles. The quantitative estimate of drug-likeness (QED) is 0.778. The Hall–Kier alpha value is -0.860. The van der Waals surface area contributed by atoms with E-state index in [1.54, 1.807) is 0 Å². The van der Waals surface area contributed by atoms with E-state index >= 15 is 0 Å². The van der Waals surface area contributed by atoms with E-state index in [4.69, 9.17) is 0 Å². The van der Waals surface area contributed by atoms with Crippen LogP contribution in [0.15, 0.2) is 24.3 Å². The summed E-state index contributed by atoms with van der Waals surface area (Å²) in [6, 6.07) is 9.27. The van der Waals surface area contributed by atoms with Crippen molar-refractivity contribution in [2.24, 2.45) is 23.2 Å². The highest BCUT2D eigenvalue weighted by atomic mass is 16.3. The van der Waals surface area contributed by atoms with Crippen LogP contribution >= 0.6 is 0 Å². The number of likely N-dealkylation sites (tertiary alicyclic amines) is 1. The van der Waals surface area contributed by atoms with Crippen LogP contribution in [0.25, 0.3) is 0 Å². The van der Waals surface area contributed by atoms with Gasteiger partial charge in [-0.1, -0.05) is 65.8 Å². The molecular formula is C25H41NO. The second-order valence-corrected chi connectivity index (χ2v) is 11.0. The number of aliphatic hydroxyl groups excluding tert-OH is 1. The molecule has 1 N–H and O–H groups in total. The first-order valence-corrected chi connectivity index (χ1v) is 11.1. The van der Waals surface area contributed by atoms with Gasteiger partial charge < -0.3 is 10.0 Å². The molecule has 0 spiro atoms. The van der Waals surface area contributed by atoms with Gasteiger partial charge in [-0.2, -0.15) is 0 Å². The van der Waals surface area contributed by atoms with Crippen molar-refractivity contribution in [3.63, 3.8) is 0 Å². The SMILES string of the molecule is CC(Cc1ccc(C(C)(C)C)cc1)CN1CC[C@H]2[C@@H](C)[C@H](O)CC[C@]2(C)C1. The highest BCUT2D eigenvalue weighted by Gasteiger charge is 2.47. The minimum atomic E-state index is -0.0791. The van der Waals surface area contributed by atoms with E-state index in [1.165, 1.54) is 43.6 Å². The molecule has 1 heterocycles. The van der Waals surface area contributed by atoms with Crippen molar-refractivity contribution in [1.82, 2.24) is 4.90 Å². The van der Waals surface area contributed by atoms with Gasteiger partial charge in [0.25, 0.3) is 0 Å². The van der Waals surface area contributed by atoms with E-state index in [9.17, 15) is 5.11 Å². The molecule has 1 saturated heterocycles. The van der Waals surface area contributed by atoms with Crippen LogP contribution in [-0.4, -0.2) is 35.7 Å². The van der Waals surface area contributed by atoms with Gasteiger partial charge in [-0.15, -0.1) is 0 Å². The normalized spacial score (nSPS) is 33.5. The molecule has 1 aliphatic carbocycles. The standard InChI is InChI=1S/C25H41NO/c1-18(15-20-7-9-21(10-8-20)24(3,4)5)16-26-14-12-22-19(2)23(27)11-13-25(22,6)17-26/h7-10,18-19,22-23,27H,11-17H2,1-6H3/t18?,19-,22+,23-,25-/m1/s1. The summed E-state index contributed by atoms with van der Waals surface area (Å²) in [6.07, 6.45) is 4.50. The van der Waals surface area contributed by atoms with Gasteiger partial charge >= 0.3 is 0 Å². The molecule has 1 aromatic carbocycles. The maximum Gasteiger partial charge on any atom is 0.0568 e. The summed E-state index contributed by atoms with van der Waals surface area (Å²) in [6.45, 7) is 17.6. The molecule has 3 rings (SSSR count). The van der Waals surface area contributed by atoms with Crippen molar-refractivity contribution in [2.75, 3.05) is 19.6 Å². The Morgan fingerprint density at radius 3 is 2.48 bits per heavy atom. The van der Waals surface area contributed by atoms with Crippen LogP contribution in [0.5, 0.6) is 0 Å². The van der Waals surface area contributed by atoms with Gasteiger partial charge in [0.15, 0.2) is 0 Å². The van der Waals surface area contributed by atoms with Gasteiger partial charge in [0.2, 0.25) is 0 Å². The molecule has 0 bridgehead atoms. The molecule has 2 aliphatic rings. The van der Waals surface area contributed by atoms with Crippen LogP contribution in [0, 0.1) is 23.2 Å². The van der Waals surface area contributed by atoms with Gasteiger partial charge in [0.1, 0.15) is 0 Å². The van der Waals surface area contributed by atoms with Crippen LogP contribution in [0.1, 0.15) is 71.9 Å². The van der Waals surface area contributed by atoms with E-state index < -0.39 is 0 Å². The Morgan fingerprint density at radius 1 is 1.19 bits per heavy atom. The first-order chi connectivity index (χ1) is 12.6. The van der Waals surface area contributed by atoms with Crippen molar-refractivity contribution in [1.29, 1.82) is 0 Å². The Labute approximate surface area is 167 Å². The zero-order valence-electron chi connectivity index (χ0n) is 18.5. The van der Waals surface area contributed by atoms with Gasteiger partial charge in [-0.25, -0.2) is 0 Å². The lowest BCUT2D eigenvalue weighted by molar-refractivity contribution is -0.0786. The number of hydrogen-bond donors (Lipinski definition) is 1. The summed E-state index contributed by atoms with van der Waals surface area (Å²) in [7, 11) is 0. The summed E-state index contributed by atoms with van der Waals surface area (Å²) in [4.78, 5) is 2.70. The third-order valence-corrected chi connectivity index (χ3v) is 7.46. The molecule has 0 aromatic heterocycles. The summed E-state index contributed by atoms with van der Waals surface area (Å²) >= 11 is 0. The summed E-state index contributed by atoms with van der Waals surface area (Å²) < 4.78 is 0. The predicted molar refractivity (Wildman–Crippen MR) is 115 cm³/mol. The van der Waals surface area contributed by atoms with Crippen molar-refractivity contribution in [2.45, 2.75) is 78.7 Å². The van der Waals surface area contributed by atoms with E-state index in [1.807, 2.05) is 0 Å². The highest BCUT2D eigenvalue weighted by Crippen LogP contribution is 2.48. The average molecular weight is 372 g/mol. The minimum Gasteiger partial charge on any atom is -0.393 e. The molecule has 27 heavy (non-hydrogen) atoms. The van der Waals surface area contributed by atoms with Crippen LogP contribution < -0.4 is 0 Å². The molecule has 0 radical (unpaired) electrons. The molecule has 5 atom stereocenters. The lowest BCUT2D eigenvalue weighted by Crippen LogP contribution is -2.54. The Balaban J connectivity index is 1.55. The predicted octanol–water partition coefficient (Wildman–Crippen LogP) is 5.28. The summed E-state index contributed by atoms with van der Waals surface area (Å²) in [5, 5.41) is 10.3. The molecule has 1 unspecified atom stereocenters. The van der Waals surface area contributed by atoms with Gasteiger partial charge in [0.05, 0.1) is 6.10 Å². The minimum absolute atomic E-state index is 0.0791. The average Bonchev–Trinajstić information content (AvgIpc) is 2.58. The Kier molecular flexibility index (Phi) is 6.08. The molecule has 2 nitrogen and oxygen atoms in total. The number of piperidine rings is 1. The molecule has 0 amide bonds. The Bertz CT molecular complexity index is 616. The fourth-order valence-corrected chi connectivity index (χ4v) is 5.75. The van der Waals surface area contributed by atoms with Crippen LogP contribution in [0.2, 0.25) is 0 Å². The number of aliphatic hydroxyl groups is 1. The van der Waals surface area contributed by atoms with Crippen molar-refractivity contribution in [3.05, 3.63) is 35.4 Å². The van der Waals surface area contributed by atoms with Crippen LogP contribution in [-0.2, 0) is 11.8 Å². The number of fused-ring (bicyclic) bond motifs is 1. The zero-order chi connectivity index (χ0) is 19.8. The lowest BCUT2D eigenvalue weighted by atomic mass is 9.59. The third-order valence-electron chi connectivity index (χ3n) is 7.46. The molecule has 2 fully saturated rings. The lowest BCUT2D eigenvalue weighted by Gasteiger charge is -2.53. The number of nitrogens with zero attached hydrogens (tertiary/aromatic N) is 1. The van der Waals surface area contributed by atoms with E-state index in [-0.39, 0.29) is 11.5 Å². The van der Waals surface area contributed by atoms with Crippen molar-refractivity contribution >= 4 is 0 Å². The first kappa shape index (κ1) is 20.9. The number of hydrogen-bond acceptors (Lipinski definition) is 2. The third kappa shape index (κ3) is 4.77. The maximum absolute atomic E-state index is 10.3. The molecular weight excluding hydrogens is 330 g/mol.